The van der Waals surface area contributed by atoms with E-state index in [1.54, 1.807) is 0 Å². The minimum Gasteiger partial charge on any atom is -0.398 e. The predicted molar refractivity (Wildman–Crippen MR) is 78.1 cm³/mol. The van der Waals surface area contributed by atoms with Crippen LogP contribution in [0.5, 0.6) is 0 Å². The van der Waals surface area contributed by atoms with Crippen molar-refractivity contribution in [1.29, 1.82) is 0 Å². The SMILES string of the molecule is Nc1cccc(Cl)c1S(=O)(=O)Nc1ccc(Cl)cc1F. The highest BCUT2D eigenvalue weighted by atomic mass is 35.5. The summed E-state index contributed by atoms with van der Waals surface area (Å²) < 4.78 is 40.1. The standard InChI is InChI=1S/C12H9Cl2FN2O2S/c13-7-4-5-11(9(15)6-7)17-20(18,19)12-8(14)2-1-3-10(12)16/h1-6,17H,16H2. The first kappa shape index (κ1) is 14.9. The molecule has 0 heterocycles. The fourth-order valence-electron chi connectivity index (χ4n) is 1.58. The normalized spacial score (nSPS) is 11.3. The topological polar surface area (TPSA) is 72.2 Å². The second kappa shape index (κ2) is 5.47. The maximum atomic E-state index is 13.6. The van der Waals surface area contributed by atoms with Crippen LogP contribution in [0, 0.1) is 5.82 Å². The Kier molecular flexibility index (Phi) is 4.08. The summed E-state index contributed by atoms with van der Waals surface area (Å²) >= 11 is 11.4. The summed E-state index contributed by atoms with van der Waals surface area (Å²) in [5.41, 5.74) is 5.33. The predicted octanol–water partition coefficient (Wildman–Crippen LogP) is 3.52. The Hall–Kier alpha value is -1.50. The third-order valence-corrected chi connectivity index (χ3v) is 4.59. The monoisotopic (exact) mass is 334 g/mol. The lowest BCUT2D eigenvalue weighted by Crippen LogP contribution is -2.16. The highest BCUT2D eigenvalue weighted by molar-refractivity contribution is 7.93. The highest BCUT2D eigenvalue weighted by Gasteiger charge is 2.22. The zero-order chi connectivity index (χ0) is 14.9. The van der Waals surface area contributed by atoms with Crippen LogP contribution >= 0.6 is 23.2 Å². The van der Waals surface area contributed by atoms with Gasteiger partial charge in [-0.1, -0.05) is 29.3 Å². The summed E-state index contributed by atoms with van der Waals surface area (Å²) in [6.07, 6.45) is 0. The van der Waals surface area contributed by atoms with Gasteiger partial charge in [0.25, 0.3) is 10.0 Å². The van der Waals surface area contributed by atoms with Gasteiger partial charge in [-0.15, -0.1) is 0 Å². The molecule has 2 aromatic carbocycles. The molecule has 20 heavy (non-hydrogen) atoms. The summed E-state index contributed by atoms with van der Waals surface area (Å²) in [7, 11) is -4.10. The number of sulfonamides is 1. The van der Waals surface area contributed by atoms with Gasteiger partial charge >= 0.3 is 0 Å². The van der Waals surface area contributed by atoms with E-state index < -0.39 is 15.8 Å². The van der Waals surface area contributed by atoms with Gasteiger partial charge in [-0.05, 0) is 30.3 Å². The average molecular weight is 335 g/mol. The molecule has 8 heteroatoms. The van der Waals surface area contributed by atoms with E-state index in [0.717, 1.165) is 6.07 Å². The lowest BCUT2D eigenvalue weighted by Gasteiger charge is -2.12. The number of nitrogens with one attached hydrogen (secondary N) is 1. The Morgan fingerprint density at radius 3 is 2.45 bits per heavy atom. The van der Waals surface area contributed by atoms with Crippen molar-refractivity contribution in [2.75, 3.05) is 10.5 Å². The Morgan fingerprint density at radius 2 is 1.85 bits per heavy atom. The summed E-state index contributed by atoms with van der Waals surface area (Å²) in [6, 6.07) is 7.85. The maximum Gasteiger partial charge on any atom is 0.265 e. The number of benzene rings is 2. The van der Waals surface area contributed by atoms with Gasteiger partial charge in [-0.25, -0.2) is 12.8 Å². The number of halogens is 3. The molecule has 0 aliphatic carbocycles. The molecule has 0 spiro atoms. The van der Waals surface area contributed by atoms with Crippen LogP contribution in [0.25, 0.3) is 0 Å². The first-order valence-electron chi connectivity index (χ1n) is 5.33. The van der Waals surface area contributed by atoms with E-state index in [9.17, 15) is 12.8 Å². The summed E-state index contributed by atoms with van der Waals surface area (Å²) in [5, 5.41) is 0.106. The Labute approximate surface area is 125 Å². The molecule has 0 unspecified atom stereocenters. The van der Waals surface area contributed by atoms with E-state index in [1.807, 2.05) is 0 Å². The van der Waals surface area contributed by atoms with Crippen LogP contribution in [0.15, 0.2) is 41.3 Å². The van der Waals surface area contributed by atoms with Crippen LogP contribution < -0.4 is 10.5 Å². The molecule has 0 saturated heterocycles. The average Bonchev–Trinajstić information content (AvgIpc) is 2.32. The highest BCUT2D eigenvalue weighted by Crippen LogP contribution is 2.30. The number of hydrogen-bond acceptors (Lipinski definition) is 3. The summed E-state index contributed by atoms with van der Waals surface area (Å²) in [6.45, 7) is 0. The molecule has 0 amide bonds. The minimum atomic E-state index is -4.10. The zero-order valence-electron chi connectivity index (χ0n) is 9.90. The fourth-order valence-corrected chi connectivity index (χ4v) is 3.48. The third kappa shape index (κ3) is 2.98. The Balaban J connectivity index is 2.46. The van der Waals surface area contributed by atoms with Gasteiger partial charge in [0.05, 0.1) is 16.4 Å². The van der Waals surface area contributed by atoms with E-state index in [2.05, 4.69) is 4.72 Å². The molecule has 0 fully saturated rings. The van der Waals surface area contributed by atoms with Crippen molar-refractivity contribution < 1.29 is 12.8 Å². The molecule has 0 aliphatic rings. The van der Waals surface area contributed by atoms with Gasteiger partial charge in [-0.3, -0.25) is 4.72 Å². The summed E-state index contributed by atoms with van der Waals surface area (Å²) in [5.74, 6) is -0.799. The fraction of sp³-hybridized carbons (Fsp3) is 0. The number of nitrogens with two attached hydrogens (primary N) is 1. The van der Waals surface area contributed by atoms with Gasteiger partial charge in [0.1, 0.15) is 10.7 Å². The molecule has 0 bridgehead atoms. The van der Waals surface area contributed by atoms with E-state index in [0.29, 0.717) is 0 Å². The molecule has 0 aliphatic heterocycles. The van der Waals surface area contributed by atoms with Crippen LogP contribution in [-0.4, -0.2) is 8.42 Å². The second-order valence-corrected chi connectivity index (χ2v) is 6.35. The summed E-state index contributed by atoms with van der Waals surface area (Å²) in [4.78, 5) is -0.295. The third-order valence-electron chi connectivity index (χ3n) is 2.44. The number of hydrogen-bond donors (Lipinski definition) is 2. The smallest absolute Gasteiger partial charge is 0.265 e. The molecular formula is C12H9Cl2FN2O2S. The van der Waals surface area contributed by atoms with Gasteiger partial charge in [0, 0.05) is 5.02 Å². The van der Waals surface area contributed by atoms with Crippen molar-refractivity contribution >= 4 is 44.6 Å². The van der Waals surface area contributed by atoms with Gasteiger partial charge in [-0.2, -0.15) is 0 Å². The van der Waals surface area contributed by atoms with Crippen molar-refractivity contribution in [2.24, 2.45) is 0 Å². The number of nitrogen functional groups attached to an aromatic ring is 1. The Morgan fingerprint density at radius 1 is 1.15 bits per heavy atom. The lowest BCUT2D eigenvalue weighted by molar-refractivity contribution is 0.599. The van der Waals surface area contributed by atoms with E-state index >= 15 is 0 Å². The molecule has 0 saturated carbocycles. The number of anilines is 2. The van der Waals surface area contributed by atoms with Gasteiger partial charge < -0.3 is 5.73 Å². The van der Waals surface area contributed by atoms with E-state index in [1.165, 1.54) is 30.3 Å². The quantitative estimate of drug-likeness (QED) is 0.843. The first-order valence-corrected chi connectivity index (χ1v) is 7.57. The molecule has 2 rings (SSSR count). The second-order valence-electron chi connectivity index (χ2n) is 3.89. The van der Waals surface area contributed by atoms with Crippen molar-refractivity contribution in [1.82, 2.24) is 0 Å². The van der Waals surface area contributed by atoms with Gasteiger partial charge in [0.2, 0.25) is 0 Å². The molecule has 0 radical (unpaired) electrons. The molecule has 4 nitrogen and oxygen atoms in total. The molecule has 2 aromatic rings. The van der Waals surface area contributed by atoms with Crippen LogP contribution in [-0.2, 0) is 10.0 Å². The van der Waals surface area contributed by atoms with Crippen LogP contribution in [0.4, 0.5) is 15.8 Å². The molecule has 106 valence electrons. The van der Waals surface area contributed by atoms with Crippen molar-refractivity contribution in [3.63, 3.8) is 0 Å². The molecule has 3 N–H and O–H groups in total. The zero-order valence-corrected chi connectivity index (χ0v) is 12.2. The maximum absolute atomic E-state index is 13.6. The van der Waals surface area contributed by atoms with Crippen molar-refractivity contribution in [3.05, 3.63) is 52.3 Å². The van der Waals surface area contributed by atoms with Crippen LogP contribution in [0.1, 0.15) is 0 Å². The number of rotatable bonds is 3. The van der Waals surface area contributed by atoms with Crippen molar-refractivity contribution in [2.45, 2.75) is 4.90 Å². The first-order chi connectivity index (χ1) is 9.31. The Bertz CT molecular complexity index is 746. The lowest BCUT2D eigenvalue weighted by atomic mass is 10.3. The van der Waals surface area contributed by atoms with Crippen LogP contribution in [0.2, 0.25) is 10.0 Å². The van der Waals surface area contributed by atoms with E-state index in [4.69, 9.17) is 28.9 Å². The van der Waals surface area contributed by atoms with Crippen molar-refractivity contribution in [3.8, 4) is 0 Å². The molecular weight excluding hydrogens is 326 g/mol. The molecule has 0 aromatic heterocycles. The van der Waals surface area contributed by atoms with E-state index in [-0.39, 0.29) is 26.3 Å². The molecule has 0 atom stereocenters. The van der Waals surface area contributed by atoms with Crippen LogP contribution in [0.3, 0.4) is 0 Å². The van der Waals surface area contributed by atoms with Gasteiger partial charge in [0.15, 0.2) is 0 Å². The minimum absolute atomic E-state index is 0.0284. The largest absolute Gasteiger partial charge is 0.398 e.